The summed E-state index contributed by atoms with van der Waals surface area (Å²) < 4.78 is 25.9. The molecule has 0 saturated carbocycles. The fraction of sp³-hybridized carbons (Fsp3) is 0.381. The molecule has 1 heterocycles. The molecule has 9 nitrogen and oxygen atoms in total. The Morgan fingerprint density at radius 1 is 0.935 bits per heavy atom. The van der Waals surface area contributed by atoms with E-state index in [2.05, 4.69) is 5.32 Å². The number of benzene rings is 1. The third kappa shape index (κ3) is 5.26. The standard InChI is InChI=1S/C21H25NO8S/c1-7-29-21(25)16-11(2)12(3)31-19(16)22-15(23)10-30-20(24)13-8-9-14(26-4)18(28-6)17(13)27-5/h8-9H,7,10H2,1-6H3,(H,22,23). The van der Waals surface area contributed by atoms with Gasteiger partial charge in [-0.2, -0.15) is 0 Å². The summed E-state index contributed by atoms with van der Waals surface area (Å²) in [4.78, 5) is 38.0. The zero-order valence-electron chi connectivity index (χ0n) is 18.2. The molecule has 0 aliphatic heterocycles. The number of thiophene rings is 1. The Morgan fingerprint density at radius 2 is 1.61 bits per heavy atom. The second-order valence-corrected chi connectivity index (χ2v) is 7.44. The first kappa shape index (κ1) is 24.0. The van der Waals surface area contributed by atoms with Crippen molar-refractivity contribution < 1.29 is 38.1 Å². The molecule has 1 aromatic heterocycles. The molecule has 1 aromatic carbocycles. The second-order valence-electron chi connectivity index (χ2n) is 6.21. The van der Waals surface area contributed by atoms with Gasteiger partial charge in [-0.3, -0.25) is 4.79 Å². The Morgan fingerprint density at radius 3 is 2.19 bits per heavy atom. The number of carbonyl (C=O) groups is 3. The van der Waals surface area contributed by atoms with Crippen LogP contribution < -0.4 is 19.5 Å². The minimum absolute atomic E-state index is 0.0722. The number of rotatable bonds is 9. The SMILES string of the molecule is CCOC(=O)c1c(NC(=O)COC(=O)c2ccc(OC)c(OC)c2OC)sc(C)c1C. The molecular formula is C21H25NO8S. The van der Waals surface area contributed by atoms with Crippen LogP contribution in [-0.4, -0.2) is 52.4 Å². The molecule has 1 N–H and O–H groups in total. The maximum absolute atomic E-state index is 12.5. The van der Waals surface area contributed by atoms with Crippen molar-refractivity contribution in [2.75, 3.05) is 39.9 Å². The molecule has 10 heteroatoms. The predicted molar refractivity (Wildman–Crippen MR) is 115 cm³/mol. The Kier molecular flexibility index (Phi) is 8.26. The quantitative estimate of drug-likeness (QED) is 0.578. The molecule has 2 rings (SSSR count). The number of hydrogen-bond donors (Lipinski definition) is 1. The molecule has 0 spiro atoms. The maximum Gasteiger partial charge on any atom is 0.342 e. The van der Waals surface area contributed by atoms with Gasteiger partial charge in [0.05, 0.1) is 33.5 Å². The molecule has 2 aromatic rings. The summed E-state index contributed by atoms with van der Waals surface area (Å²) in [6, 6.07) is 2.98. The molecule has 0 atom stereocenters. The van der Waals surface area contributed by atoms with E-state index >= 15 is 0 Å². The zero-order chi connectivity index (χ0) is 23.1. The van der Waals surface area contributed by atoms with Crippen molar-refractivity contribution in [1.29, 1.82) is 0 Å². The van der Waals surface area contributed by atoms with Gasteiger partial charge in [-0.15, -0.1) is 11.3 Å². The monoisotopic (exact) mass is 451 g/mol. The lowest BCUT2D eigenvalue weighted by Gasteiger charge is -2.15. The number of hydrogen-bond acceptors (Lipinski definition) is 9. The maximum atomic E-state index is 12.5. The lowest BCUT2D eigenvalue weighted by molar-refractivity contribution is -0.119. The van der Waals surface area contributed by atoms with Crippen molar-refractivity contribution in [1.82, 2.24) is 0 Å². The van der Waals surface area contributed by atoms with E-state index in [1.165, 1.54) is 44.8 Å². The highest BCUT2D eigenvalue weighted by Gasteiger charge is 2.24. The number of nitrogens with one attached hydrogen (secondary N) is 1. The van der Waals surface area contributed by atoms with Gasteiger partial charge in [-0.05, 0) is 38.5 Å². The highest BCUT2D eigenvalue weighted by molar-refractivity contribution is 7.16. The summed E-state index contributed by atoms with van der Waals surface area (Å²) in [6.07, 6.45) is 0. The van der Waals surface area contributed by atoms with E-state index in [0.717, 1.165) is 10.4 Å². The van der Waals surface area contributed by atoms with Crippen LogP contribution >= 0.6 is 11.3 Å². The average molecular weight is 451 g/mol. The fourth-order valence-corrected chi connectivity index (χ4v) is 3.86. The van der Waals surface area contributed by atoms with E-state index in [-0.39, 0.29) is 23.7 Å². The van der Waals surface area contributed by atoms with Crippen LogP contribution in [0.3, 0.4) is 0 Å². The highest BCUT2D eigenvalue weighted by Crippen LogP contribution is 2.40. The summed E-state index contributed by atoms with van der Waals surface area (Å²) in [5.41, 5.74) is 1.10. The van der Waals surface area contributed by atoms with Crippen LogP contribution in [0.2, 0.25) is 0 Å². The largest absolute Gasteiger partial charge is 0.493 e. The number of anilines is 1. The van der Waals surface area contributed by atoms with Crippen LogP contribution in [0.25, 0.3) is 0 Å². The van der Waals surface area contributed by atoms with Gasteiger partial charge in [0.15, 0.2) is 18.1 Å². The zero-order valence-corrected chi connectivity index (χ0v) is 19.1. The van der Waals surface area contributed by atoms with E-state index in [1.54, 1.807) is 13.8 Å². The van der Waals surface area contributed by atoms with Crippen LogP contribution in [-0.2, 0) is 14.3 Å². The molecule has 0 radical (unpaired) electrons. The molecule has 0 saturated heterocycles. The first-order valence-electron chi connectivity index (χ1n) is 9.31. The number of carbonyl (C=O) groups excluding carboxylic acids is 3. The first-order chi connectivity index (χ1) is 14.8. The van der Waals surface area contributed by atoms with Crippen molar-refractivity contribution in [2.45, 2.75) is 20.8 Å². The lowest BCUT2D eigenvalue weighted by atomic mass is 10.1. The van der Waals surface area contributed by atoms with E-state index in [0.29, 0.717) is 16.3 Å². The molecule has 0 unspecified atom stereocenters. The van der Waals surface area contributed by atoms with Gasteiger partial charge in [0.2, 0.25) is 5.75 Å². The predicted octanol–water partition coefficient (Wildman–Crippen LogP) is 3.36. The molecule has 31 heavy (non-hydrogen) atoms. The van der Waals surface area contributed by atoms with E-state index in [9.17, 15) is 14.4 Å². The highest BCUT2D eigenvalue weighted by atomic mass is 32.1. The summed E-state index contributed by atoms with van der Waals surface area (Å²) in [7, 11) is 4.24. The van der Waals surface area contributed by atoms with Gasteiger partial charge in [0.1, 0.15) is 10.6 Å². The summed E-state index contributed by atoms with van der Waals surface area (Å²) >= 11 is 1.25. The second kappa shape index (κ2) is 10.7. The lowest BCUT2D eigenvalue weighted by Crippen LogP contribution is -2.22. The van der Waals surface area contributed by atoms with Crippen LogP contribution in [0.5, 0.6) is 17.2 Å². The number of methoxy groups -OCH3 is 3. The minimum Gasteiger partial charge on any atom is -0.493 e. The van der Waals surface area contributed by atoms with Gasteiger partial charge in [0, 0.05) is 4.88 Å². The summed E-state index contributed by atoms with van der Waals surface area (Å²) in [5, 5.41) is 2.96. The summed E-state index contributed by atoms with van der Waals surface area (Å²) in [6.45, 7) is 4.96. The third-order valence-corrected chi connectivity index (χ3v) is 5.50. The van der Waals surface area contributed by atoms with Gasteiger partial charge in [0.25, 0.3) is 5.91 Å². The molecule has 0 aliphatic rings. The van der Waals surface area contributed by atoms with Gasteiger partial charge >= 0.3 is 11.9 Å². The Balaban J connectivity index is 2.13. The fourth-order valence-electron chi connectivity index (χ4n) is 2.80. The number of aryl methyl sites for hydroxylation is 1. The Hall–Kier alpha value is -3.27. The van der Waals surface area contributed by atoms with E-state index in [1.807, 2.05) is 6.92 Å². The molecular weight excluding hydrogens is 426 g/mol. The third-order valence-electron chi connectivity index (χ3n) is 4.38. The topological polar surface area (TPSA) is 109 Å². The minimum atomic E-state index is -0.780. The van der Waals surface area contributed by atoms with Crippen LogP contribution in [0.4, 0.5) is 5.00 Å². The van der Waals surface area contributed by atoms with Crippen LogP contribution in [0.15, 0.2) is 12.1 Å². The average Bonchev–Trinajstić information content (AvgIpc) is 3.03. The number of esters is 2. The van der Waals surface area contributed by atoms with Crippen molar-refractivity contribution >= 4 is 34.2 Å². The molecule has 0 fully saturated rings. The summed E-state index contributed by atoms with van der Waals surface area (Å²) in [5.74, 6) is -1.17. The van der Waals surface area contributed by atoms with Crippen molar-refractivity contribution in [2.24, 2.45) is 0 Å². The van der Waals surface area contributed by atoms with Crippen molar-refractivity contribution in [3.8, 4) is 17.2 Å². The molecule has 0 bridgehead atoms. The Labute approximate surface area is 184 Å². The Bertz CT molecular complexity index is 982. The molecule has 0 aliphatic carbocycles. The normalized spacial score (nSPS) is 10.3. The van der Waals surface area contributed by atoms with Gasteiger partial charge < -0.3 is 29.0 Å². The number of amides is 1. The van der Waals surface area contributed by atoms with Crippen molar-refractivity contribution in [3.63, 3.8) is 0 Å². The van der Waals surface area contributed by atoms with Gasteiger partial charge in [-0.25, -0.2) is 9.59 Å². The number of ether oxygens (including phenoxy) is 5. The van der Waals surface area contributed by atoms with E-state index < -0.39 is 24.5 Å². The molecule has 1 amide bonds. The smallest absolute Gasteiger partial charge is 0.342 e. The van der Waals surface area contributed by atoms with Crippen LogP contribution in [0.1, 0.15) is 38.1 Å². The first-order valence-corrected chi connectivity index (χ1v) is 10.1. The van der Waals surface area contributed by atoms with Gasteiger partial charge in [-0.1, -0.05) is 0 Å². The van der Waals surface area contributed by atoms with Crippen molar-refractivity contribution in [3.05, 3.63) is 33.7 Å². The van der Waals surface area contributed by atoms with Crippen LogP contribution in [0, 0.1) is 13.8 Å². The van der Waals surface area contributed by atoms with E-state index in [4.69, 9.17) is 23.7 Å². The molecule has 168 valence electrons.